The Morgan fingerprint density at radius 3 is 2.54 bits per heavy atom. The van der Waals surface area contributed by atoms with E-state index in [1.54, 1.807) is 6.92 Å². The van der Waals surface area contributed by atoms with Crippen LogP contribution in [0.5, 0.6) is 5.75 Å². The summed E-state index contributed by atoms with van der Waals surface area (Å²) in [6.07, 6.45) is 0.577. The molecule has 0 fully saturated rings. The third-order valence-corrected chi connectivity index (χ3v) is 1.79. The fourth-order valence-electron chi connectivity index (χ4n) is 0.975. The highest BCUT2D eigenvalue weighted by molar-refractivity contribution is 5.21. The lowest BCUT2D eigenvalue weighted by atomic mass is 10.2. The fourth-order valence-corrected chi connectivity index (χ4v) is 0.975. The highest BCUT2D eigenvalue weighted by Gasteiger charge is 2.11. The maximum Gasteiger partial charge on any atom is 0.125 e. The maximum absolute atomic E-state index is 9.34. The summed E-state index contributed by atoms with van der Waals surface area (Å²) in [4.78, 5) is 0. The van der Waals surface area contributed by atoms with Crippen molar-refractivity contribution in [2.24, 2.45) is 0 Å². The van der Waals surface area contributed by atoms with Crippen molar-refractivity contribution in [3.05, 3.63) is 43.0 Å². The van der Waals surface area contributed by atoms with Gasteiger partial charge in [-0.2, -0.15) is 0 Å². The number of benzene rings is 1. The van der Waals surface area contributed by atoms with Crippen LogP contribution in [-0.2, 0) is 0 Å². The predicted octanol–water partition coefficient (Wildman–Crippen LogP) is 2.00. The second kappa shape index (κ2) is 4.67. The smallest absolute Gasteiger partial charge is 0.125 e. The monoisotopic (exact) mass is 178 g/mol. The molecule has 0 spiro atoms. The zero-order valence-electron chi connectivity index (χ0n) is 7.68. The number of para-hydroxylation sites is 1. The van der Waals surface area contributed by atoms with Crippen LogP contribution in [0.2, 0.25) is 0 Å². The summed E-state index contributed by atoms with van der Waals surface area (Å²) >= 11 is 0. The van der Waals surface area contributed by atoms with Crippen LogP contribution < -0.4 is 4.74 Å². The van der Waals surface area contributed by atoms with Crippen molar-refractivity contribution in [3.63, 3.8) is 0 Å². The van der Waals surface area contributed by atoms with Gasteiger partial charge in [-0.25, -0.2) is 0 Å². The Morgan fingerprint density at radius 2 is 2.00 bits per heavy atom. The summed E-state index contributed by atoms with van der Waals surface area (Å²) in [5.41, 5.74) is 0. The summed E-state index contributed by atoms with van der Waals surface area (Å²) in [7, 11) is 0. The molecule has 0 unspecified atom stereocenters. The molecule has 0 aliphatic carbocycles. The van der Waals surface area contributed by atoms with Gasteiger partial charge in [0.05, 0.1) is 0 Å². The lowest BCUT2D eigenvalue weighted by molar-refractivity contribution is 0.0796. The van der Waals surface area contributed by atoms with Crippen molar-refractivity contribution in [1.82, 2.24) is 0 Å². The number of hydrogen-bond donors (Lipinski definition) is 1. The van der Waals surface area contributed by atoms with E-state index in [9.17, 15) is 5.11 Å². The van der Waals surface area contributed by atoms with Crippen LogP contribution in [0, 0.1) is 0 Å². The average molecular weight is 178 g/mol. The van der Waals surface area contributed by atoms with Crippen LogP contribution in [-0.4, -0.2) is 17.3 Å². The Hall–Kier alpha value is -1.28. The molecule has 0 bridgehead atoms. The van der Waals surface area contributed by atoms with Gasteiger partial charge in [0.25, 0.3) is 0 Å². The normalized spacial score (nSPS) is 14.6. The zero-order chi connectivity index (χ0) is 9.68. The predicted molar refractivity (Wildman–Crippen MR) is 52.7 cm³/mol. The summed E-state index contributed by atoms with van der Waals surface area (Å²) < 4.78 is 5.45. The number of aliphatic hydroxyl groups is 1. The van der Waals surface area contributed by atoms with Gasteiger partial charge in [-0.15, -0.1) is 6.58 Å². The van der Waals surface area contributed by atoms with Crippen molar-refractivity contribution >= 4 is 0 Å². The first-order valence-electron chi connectivity index (χ1n) is 4.26. The summed E-state index contributed by atoms with van der Waals surface area (Å²) in [6, 6.07) is 9.41. The first-order valence-corrected chi connectivity index (χ1v) is 4.26. The van der Waals surface area contributed by atoms with Crippen LogP contribution in [0.4, 0.5) is 0 Å². The molecule has 1 N–H and O–H groups in total. The topological polar surface area (TPSA) is 29.5 Å². The molecule has 2 nitrogen and oxygen atoms in total. The van der Waals surface area contributed by atoms with Crippen LogP contribution >= 0.6 is 0 Å². The Morgan fingerprint density at radius 1 is 1.38 bits per heavy atom. The fraction of sp³-hybridized carbons (Fsp3) is 0.273. The first kappa shape index (κ1) is 9.81. The molecule has 0 saturated heterocycles. The Kier molecular flexibility index (Phi) is 3.53. The highest BCUT2D eigenvalue weighted by atomic mass is 16.5. The van der Waals surface area contributed by atoms with E-state index in [-0.39, 0.29) is 6.10 Å². The molecule has 0 heterocycles. The minimum absolute atomic E-state index is 0.264. The van der Waals surface area contributed by atoms with Gasteiger partial charge in [-0.1, -0.05) is 24.3 Å². The van der Waals surface area contributed by atoms with E-state index in [0.29, 0.717) is 0 Å². The Labute approximate surface area is 78.5 Å². The lowest BCUT2D eigenvalue weighted by Crippen LogP contribution is -2.26. The van der Waals surface area contributed by atoms with Gasteiger partial charge in [0.15, 0.2) is 0 Å². The largest absolute Gasteiger partial charge is 0.488 e. The first-order chi connectivity index (χ1) is 6.24. The van der Waals surface area contributed by atoms with Crippen LogP contribution in [0.1, 0.15) is 6.92 Å². The van der Waals surface area contributed by atoms with Crippen molar-refractivity contribution in [2.75, 3.05) is 0 Å². The standard InChI is InChI=1S/C11H14O2/c1-3-11(12)9(2)13-10-7-5-4-6-8-10/h3-9,11-12H,1H2,2H3/t9-,11+/m0/s1. The number of hydrogen-bond acceptors (Lipinski definition) is 2. The molecular formula is C11H14O2. The molecule has 0 aliphatic heterocycles. The van der Waals surface area contributed by atoms with Gasteiger partial charge in [0, 0.05) is 0 Å². The summed E-state index contributed by atoms with van der Waals surface area (Å²) in [5, 5.41) is 9.34. The molecule has 13 heavy (non-hydrogen) atoms. The minimum Gasteiger partial charge on any atom is -0.488 e. The maximum atomic E-state index is 9.34. The minimum atomic E-state index is -0.625. The Balaban J connectivity index is 2.54. The van der Waals surface area contributed by atoms with Crippen LogP contribution in [0.25, 0.3) is 0 Å². The molecule has 2 heteroatoms. The number of rotatable bonds is 4. The molecule has 2 atom stereocenters. The molecule has 0 radical (unpaired) electrons. The summed E-state index contributed by atoms with van der Waals surface area (Å²) in [5.74, 6) is 0.760. The molecule has 70 valence electrons. The lowest BCUT2D eigenvalue weighted by Gasteiger charge is -2.17. The Bertz CT molecular complexity index is 256. The van der Waals surface area contributed by atoms with Gasteiger partial charge < -0.3 is 9.84 Å². The van der Waals surface area contributed by atoms with E-state index in [0.717, 1.165) is 5.75 Å². The van der Waals surface area contributed by atoms with Crippen molar-refractivity contribution < 1.29 is 9.84 Å². The van der Waals surface area contributed by atoms with E-state index in [1.165, 1.54) is 6.08 Å². The third-order valence-electron chi connectivity index (χ3n) is 1.79. The molecular weight excluding hydrogens is 164 g/mol. The highest BCUT2D eigenvalue weighted by Crippen LogP contribution is 2.12. The van der Waals surface area contributed by atoms with E-state index in [2.05, 4.69) is 6.58 Å². The van der Waals surface area contributed by atoms with Gasteiger partial charge >= 0.3 is 0 Å². The summed E-state index contributed by atoms with van der Waals surface area (Å²) in [6.45, 7) is 5.30. The molecule has 1 rings (SSSR count). The van der Waals surface area contributed by atoms with Crippen molar-refractivity contribution in [3.8, 4) is 5.75 Å². The van der Waals surface area contributed by atoms with E-state index >= 15 is 0 Å². The van der Waals surface area contributed by atoms with Gasteiger partial charge in [-0.3, -0.25) is 0 Å². The second-order valence-electron chi connectivity index (χ2n) is 2.86. The quantitative estimate of drug-likeness (QED) is 0.714. The van der Waals surface area contributed by atoms with Gasteiger partial charge in [-0.05, 0) is 19.1 Å². The van der Waals surface area contributed by atoms with E-state index in [1.807, 2.05) is 30.3 Å². The molecule has 1 aromatic carbocycles. The number of ether oxygens (including phenoxy) is 1. The SMILES string of the molecule is C=C[C@@H](O)[C@H](C)Oc1ccccc1. The molecule has 0 aliphatic rings. The number of aliphatic hydroxyl groups excluding tert-OH is 1. The second-order valence-corrected chi connectivity index (χ2v) is 2.86. The molecule has 0 amide bonds. The molecule has 0 saturated carbocycles. The zero-order valence-corrected chi connectivity index (χ0v) is 7.68. The van der Waals surface area contributed by atoms with E-state index in [4.69, 9.17) is 4.74 Å². The molecule has 1 aromatic rings. The van der Waals surface area contributed by atoms with Crippen molar-refractivity contribution in [2.45, 2.75) is 19.1 Å². The third kappa shape index (κ3) is 2.92. The van der Waals surface area contributed by atoms with Gasteiger partial charge in [0.1, 0.15) is 18.0 Å². The van der Waals surface area contributed by atoms with E-state index < -0.39 is 6.10 Å². The van der Waals surface area contributed by atoms with Crippen LogP contribution in [0.3, 0.4) is 0 Å². The average Bonchev–Trinajstić information content (AvgIpc) is 2.18. The van der Waals surface area contributed by atoms with Crippen molar-refractivity contribution in [1.29, 1.82) is 0 Å². The molecule has 0 aromatic heterocycles. The van der Waals surface area contributed by atoms with Gasteiger partial charge in [0.2, 0.25) is 0 Å². The van der Waals surface area contributed by atoms with Crippen LogP contribution in [0.15, 0.2) is 43.0 Å².